The molecule has 0 amide bonds. The summed E-state index contributed by atoms with van der Waals surface area (Å²) in [5.41, 5.74) is 12.0. The molecule has 1 unspecified atom stereocenters. The first-order chi connectivity index (χ1) is 5.65. The van der Waals surface area contributed by atoms with Crippen molar-refractivity contribution in [2.45, 2.75) is 6.04 Å². The zero-order valence-electron chi connectivity index (χ0n) is 6.43. The molecule has 0 aliphatic carbocycles. The first kappa shape index (κ1) is 9.81. The molecule has 0 bridgehead atoms. The smallest absolute Gasteiger partial charge is 0.0595 e. The fourth-order valence-corrected chi connectivity index (χ4v) is 1.19. The molecule has 1 rings (SSSR count). The molecule has 0 aliphatic heterocycles. The van der Waals surface area contributed by atoms with Gasteiger partial charge in [0.15, 0.2) is 0 Å². The average molecular weight is 205 g/mol. The molecule has 4 N–H and O–H groups in total. The molecule has 0 aromatic heterocycles. The van der Waals surface area contributed by atoms with E-state index in [2.05, 4.69) is 0 Å². The van der Waals surface area contributed by atoms with Crippen LogP contribution in [0.1, 0.15) is 11.6 Å². The van der Waals surface area contributed by atoms with E-state index < -0.39 is 0 Å². The molecule has 2 nitrogen and oxygen atoms in total. The van der Waals surface area contributed by atoms with Crippen LogP contribution in [-0.2, 0) is 0 Å². The van der Waals surface area contributed by atoms with E-state index in [-0.39, 0.29) is 6.04 Å². The molecule has 0 radical (unpaired) electrons. The minimum Gasteiger partial charge on any atom is -0.329 e. The Balaban J connectivity index is 2.96. The van der Waals surface area contributed by atoms with Crippen LogP contribution in [0.4, 0.5) is 0 Å². The summed E-state index contributed by atoms with van der Waals surface area (Å²) in [6.07, 6.45) is 0. The molecule has 66 valence electrons. The maximum absolute atomic E-state index is 5.79. The second kappa shape index (κ2) is 4.10. The highest BCUT2D eigenvalue weighted by Gasteiger charge is 2.05. The molecule has 4 heteroatoms. The van der Waals surface area contributed by atoms with Crippen molar-refractivity contribution in [2.24, 2.45) is 11.5 Å². The van der Waals surface area contributed by atoms with E-state index in [1.807, 2.05) is 6.07 Å². The lowest BCUT2D eigenvalue weighted by Crippen LogP contribution is -2.20. The summed E-state index contributed by atoms with van der Waals surface area (Å²) in [5.74, 6) is 0. The second-order valence-electron chi connectivity index (χ2n) is 2.52. The van der Waals surface area contributed by atoms with Crippen LogP contribution in [0, 0.1) is 0 Å². The predicted octanol–water partition coefficient (Wildman–Crippen LogP) is 1.95. The molecule has 1 atom stereocenters. The van der Waals surface area contributed by atoms with Crippen molar-refractivity contribution in [3.63, 3.8) is 0 Å². The SMILES string of the molecule is NCC(N)c1ccc(Cl)c(Cl)c1. The highest BCUT2D eigenvalue weighted by atomic mass is 35.5. The molecule has 1 aromatic rings. The van der Waals surface area contributed by atoms with E-state index in [0.717, 1.165) is 5.56 Å². The predicted molar refractivity (Wildman–Crippen MR) is 52.4 cm³/mol. The summed E-state index contributed by atoms with van der Waals surface area (Å²) in [6.45, 7) is 0.401. The van der Waals surface area contributed by atoms with Gasteiger partial charge in [-0.25, -0.2) is 0 Å². The first-order valence-corrected chi connectivity index (χ1v) is 4.31. The topological polar surface area (TPSA) is 52.0 Å². The van der Waals surface area contributed by atoms with Crippen molar-refractivity contribution in [3.8, 4) is 0 Å². The lowest BCUT2D eigenvalue weighted by Gasteiger charge is -2.09. The van der Waals surface area contributed by atoms with Gasteiger partial charge >= 0.3 is 0 Å². The van der Waals surface area contributed by atoms with Gasteiger partial charge in [0.25, 0.3) is 0 Å². The van der Waals surface area contributed by atoms with E-state index in [9.17, 15) is 0 Å². The van der Waals surface area contributed by atoms with Gasteiger partial charge in [0, 0.05) is 12.6 Å². The largest absolute Gasteiger partial charge is 0.329 e. The molecule has 12 heavy (non-hydrogen) atoms. The third-order valence-corrected chi connectivity index (χ3v) is 2.36. The van der Waals surface area contributed by atoms with Crippen LogP contribution in [0.5, 0.6) is 0 Å². The molecule has 0 saturated carbocycles. The second-order valence-corrected chi connectivity index (χ2v) is 3.33. The summed E-state index contributed by atoms with van der Waals surface area (Å²) in [4.78, 5) is 0. The minimum atomic E-state index is -0.167. The lowest BCUT2D eigenvalue weighted by molar-refractivity contribution is 0.737. The Kier molecular flexibility index (Phi) is 3.35. The van der Waals surface area contributed by atoms with Crippen LogP contribution >= 0.6 is 23.2 Å². The molecule has 0 heterocycles. The van der Waals surface area contributed by atoms with Crippen molar-refractivity contribution >= 4 is 23.2 Å². The van der Waals surface area contributed by atoms with E-state index in [4.69, 9.17) is 34.7 Å². The monoisotopic (exact) mass is 204 g/mol. The molecule has 0 aliphatic rings. The molecular formula is C8H10Cl2N2. The van der Waals surface area contributed by atoms with Gasteiger partial charge in [-0.15, -0.1) is 0 Å². The molecule has 0 saturated heterocycles. The number of hydrogen-bond donors (Lipinski definition) is 2. The fourth-order valence-electron chi connectivity index (χ4n) is 0.879. The van der Waals surface area contributed by atoms with Gasteiger partial charge in [0.05, 0.1) is 10.0 Å². The van der Waals surface area contributed by atoms with E-state index in [0.29, 0.717) is 16.6 Å². The van der Waals surface area contributed by atoms with Crippen molar-refractivity contribution in [3.05, 3.63) is 33.8 Å². The van der Waals surface area contributed by atoms with Gasteiger partial charge in [-0.05, 0) is 17.7 Å². The zero-order chi connectivity index (χ0) is 9.14. The average Bonchev–Trinajstić information content (AvgIpc) is 2.08. The number of benzene rings is 1. The lowest BCUT2D eigenvalue weighted by atomic mass is 10.1. The Morgan fingerprint density at radius 1 is 1.25 bits per heavy atom. The van der Waals surface area contributed by atoms with Crippen LogP contribution in [0.25, 0.3) is 0 Å². The van der Waals surface area contributed by atoms with Crippen molar-refractivity contribution in [1.82, 2.24) is 0 Å². The third kappa shape index (κ3) is 2.11. The quantitative estimate of drug-likeness (QED) is 0.775. The number of rotatable bonds is 2. The van der Waals surface area contributed by atoms with Gasteiger partial charge in [-0.1, -0.05) is 29.3 Å². The van der Waals surface area contributed by atoms with Crippen LogP contribution in [0.15, 0.2) is 18.2 Å². The number of hydrogen-bond acceptors (Lipinski definition) is 2. The maximum atomic E-state index is 5.79. The first-order valence-electron chi connectivity index (χ1n) is 3.55. The van der Waals surface area contributed by atoms with Crippen molar-refractivity contribution in [1.29, 1.82) is 0 Å². The Morgan fingerprint density at radius 3 is 2.42 bits per heavy atom. The van der Waals surface area contributed by atoms with E-state index >= 15 is 0 Å². The van der Waals surface area contributed by atoms with Crippen molar-refractivity contribution < 1.29 is 0 Å². The van der Waals surface area contributed by atoms with Gasteiger partial charge < -0.3 is 11.5 Å². The van der Waals surface area contributed by atoms with Crippen LogP contribution in [0.2, 0.25) is 10.0 Å². The van der Waals surface area contributed by atoms with E-state index in [1.165, 1.54) is 0 Å². The summed E-state index contributed by atoms with van der Waals surface area (Å²) in [7, 11) is 0. The van der Waals surface area contributed by atoms with Gasteiger partial charge in [0.2, 0.25) is 0 Å². The highest BCUT2D eigenvalue weighted by molar-refractivity contribution is 6.42. The Bertz CT molecular complexity index is 276. The van der Waals surface area contributed by atoms with Crippen molar-refractivity contribution in [2.75, 3.05) is 6.54 Å². The Labute approximate surface area is 81.4 Å². The Morgan fingerprint density at radius 2 is 1.92 bits per heavy atom. The molecular weight excluding hydrogens is 195 g/mol. The standard InChI is InChI=1S/C8H10Cl2N2/c9-6-2-1-5(3-7(6)10)8(12)4-11/h1-3,8H,4,11-12H2. The number of halogens is 2. The molecule has 1 aromatic carbocycles. The van der Waals surface area contributed by atoms with Crippen LogP contribution in [0.3, 0.4) is 0 Å². The maximum Gasteiger partial charge on any atom is 0.0595 e. The van der Waals surface area contributed by atoms with Crippen LogP contribution in [-0.4, -0.2) is 6.54 Å². The minimum absolute atomic E-state index is 0.167. The summed E-state index contributed by atoms with van der Waals surface area (Å²) in [5, 5.41) is 1.04. The summed E-state index contributed by atoms with van der Waals surface area (Å²) < 4.78 is 0. The Hall–Kier alpha value is -0.280. The van der Waals surface area contributed by atoms with Gasteiger partial charge in [-0.2, -0.15) is 0 Å². The third-order valence-electron chi connectivity index (χ3n) is 1.63. The fraction of sp³-hybridized carbons (Fsp3) is 0.250. The zero-order valence-corrected chi connectivity index (χ0v) is 7.94. The van der Waals surface area contributed by atoms with Gasteiger partial charge in [0.1, 0.15) is 0 Å². The summed E-state index contributed by atoms with van der Waals surface area (Å²) in [6, 6.07) is 5.11. The molecule has 0 spiro atoms. The van der Waals surface area contributed by atoms with Gasteiger partial charge in [-0.3, -0.25) is 0 Å². The highest BCUT2D eigenvalue weighted by Crippen LogP contribution is 2.24. The number of nitrogens with two attached hydrogens (primary N) is 2. The van der Waals surface area contributed by atoms with Crippen LogP contribution < -0.4 is 11.5 Å². The molecule has 0 fully saturated rings. The normalized spacial score (nSPS) is 13.0. The van der Waals surface area contributed by atoms with E-state index in [1.54, 1.807) is 12.1 Å². The summed E-state index contributed by atoms with van der Waals surface area (Å²) >= 11 is 11.5.